The van der Waals surface area contributed by atoms with E-state index in [4.69, 9.17) is 6.42 Å². The lowest BCUT2D eigenvalue weighted by molar-refractivity contribution is -0.142. The molecule has 0 bridgehead atoms. The molecule has 4 amide bonds. The summed E-state index contributed by atoms with van der Waals surface area (Å²) in [5, 5.41) is 16.9. The number of ketones is 1. The van der Waals surface area contributed by atoms with E-state index >= 15 is 0 Å². The molecule has 2 fully saturated rings. The highest BCUT2D eigenvalue weighted by atomic mass is 32.2. The highest BCUT2D eigenvalue weighted by Crippen LogP contribution is 2.30. The molecule has 3 rings (SSSR count). The average molecular weight is 805 g/mol. The van der Waals surface area contributed by atoms with Gasteiger partial charge in [-0.15, -0.1) is 30.3 Å². The second kappa shape index (κ2) is 27.4. The fraction of sp³-hybridized carbons (Fsp3) is 0.683. The molecule has 1 aliphatic carbocycles. The van der Waals surface area contributed by atoms with Crippen LogP contribution in [0.3, 0.4) is 0 Å². The zero-order valence-electron chi connectivity index (χ0n) is 34.2. The van der Waals surface area contributed by atoms with Gasteiger partial charge >= 0.3 is 6.03 Å². The van der Waals surface area contributed by atoms with E-state index in [2.05, 4.69) is 59.9 Å². The van der Waals surface area contributed by atoms with Gasteiger partial charge in [0.25, 0.3) is 0 Å². The van der Waals surface area contributed by atoms with Crippen molar-refractivity contribution in [3.63, 3.8) is 0 Å². The molecule has 1 aliphatic heterocycles. The first-order chi connectivity index (χ1) is 26.2. The minimum atomic E-state index is -1.04. The first-order valence-corrected chi connectivity index (χ1v) is 21.3. The molecule has 4 unspecified atom stereocenters. The van der Waals surface area contributed by atoms with Gasteiger partial charge in [-0.25, -0.2) is 4.79 Å². The molecule has 6 N–H and O–H groups in total. The minimum Gasteiger partial charge on any atom is -0.344 e. The van der Waals surface area contributed by atoms with Crippen molar-refractivity contribution in [3.8, 4) is 12.3 Å². The maximum Gasteiger partial charge on any atom is 0.315 e. The fourth-order valence-electron chi connectivity index (χ4n) is 6.12. The minimum absolute atomic E-state index is 0.0687. The van der Waals surface area contributed by atoms with E-state index in [1.165, 1.54) is 11.3 Å². The van der Waals surface area contributed by atoms with Crippen LogP contribution < -0.4 is 26.6 Å². The van der Waals surface area contributed by atoms with Gasteiger partial charge in [-0.05, 0) is 67.8 Å². The molecule has 0 spiro atoms. The Kier molecular flexibility index (Phi) is 24.8. The monoisotopic (exact) mass is 804 g/mol. The molecule has 2 aliphatic rings. The smallest absolute Gasteiger partial charge is 0.315 e. The lowest BCUT2D eigenvalue weighted by Gasteiger charge is -2.36. The molecule has 4 atom stereocenters. The number of hydrogen-bond acceptors (Lipinski definition) is 10. The Morgan fingerprint density at radius 1 is 1.11 bits per heavy atom. The first kappa shape index (κ1) is 49.8. The summed E-state index contributed by atoms with van der Waals surface area (Å²) in [6.45, 7) is 18.5. The van der Waals surface area contributed by atoms with Gasteiger partial charge in [0.05, 0.1) is 10.9 Å². The van der Waals surface area contributed by atoms with E-state index in [9.17, 15) is 28.5 Å². The highest BCUT2D eigenvalue weighted by Gasteiger charge is 2.41. The maximum atomic E-state index is 14.1. The molecule has 2 heterocycles. The number of urea groups is 1. The number of carbonyl (C=O) groups is 5. The van der Waals surface area contributed by atoms with Crippen molar-refractivity contribution in [1.82, 2.24) is 31.5 Å². The Bertz CT molecular complexity index is 1370. The molecule has 14 heteroatoms. The summed E-state index contributed by atoms with van der Waals surface area (Å²) in [6.07, 6.45) is 14.5. The van der Waals surface area contributed by atoms with Gasteiger partial charge in [-0.2, -0.15) is 0 Å². The number of likely N-dealkylation sites (N-methyl/N-ethyl adjacent to an activating group) is 1. The van der Waals surface area contributed by atoms with Crippen LogP contribution in [0.1, 0.15) is 111 Å². The Hall–Kier alpha value is -3.22. The van der Waals surface area contributed by atoms with E-state index in [1.54, 1.807) is 11.3 Å². The van der Waals surface area contributed by atoms with E-state index in [1.807, 2.05) is 45.3 Å². The van der Waals surface area contributed by atoms with E-state index in [0.717, 1.165) is 54.3 Å². The Labute approximate surface area is 338 Å². The van der Waals surface area contributed by atoms with Crippen molar-refractivity contribution >= 4 is 53.3 Å². The third kappa shape index (κ3) is 18.5. The number of carbonyl (C=O) groups excluding carboxylic acids is 5. The Morgan fingerprint density at radius 2 is 1.78 bits per heavy atom. The summed E-state index contributed by atoms with van der Waals surface area (Å²) < 4.78 is 9.47. The van der Waals surface area contributed by atoms with Crippen LogP contribution >= 0.6 is 23.4 Å². The number of hydrogen-bond donors (Lipinski definition) is 6. The largest absolute Gasteiger partial charge is 0.344 e. The number of nitrogens with one attached hydrogen (secondary N) is 5. The zero-order chi connectivity index (χ0) is 41.4. The van der Waals surface area contributed by atoms with E-state index in [-0.39, 0.29) is 42.4 Å². The van der Waals surface area contributed by atoms with Crippen LogP contribution in [-0.2, 0) is 25.7 Å². The van der Waals surface area contributed by atoms with Gasteiger partial charge in [-0.1, -0.05) is 73.3 Å². The number of aldehydes is 1. The average Bonchev–Trinajstić information content (AvgIpc) is 3.85. The van der Waals surface area contributed by atoms with Crippen LogP contribution in [0.15, 0.2) is 29.0 Å². The SMILES string of the molecule is C#CCCC(NC(=O)C1CCCN1C(=O)C(NC(=O)NC(CNCc1sccc1SO)C(C)(C)C)C1CCCCC1)C(=O)C=O.C=CCNC.CCC(C)C. The molecule has 1 saturated heterocycles. The van der Waals surface area contributed by atoms with Gasteiger partial charge < -0.3 is 36.0 Å². The van der Waals surface area contributed by atoms with Gasteiger partial charge in [0.15, 0.2) is 6.29 Å². The summed E-state index contributed by atoms with van der Waals surface area (Å²) >= 11 is 2.26. The number of rotatable bonds is 18. The van der Waals surface area contributed by atoms with Crippen LogP contribution in [0.2, 0.25) is 0 Å². The number of likely N-dealkylation sites (tertiary alicyclic amines) is 1. The third-order valence-electron chi connectivity index (χ3n) is 9.82. The number of Topliss-reactive ketones (excluding diaryl/α,β-unsaturated/α-hetero) is 1. The molecule has 12 nitrogen and oxygen atoms in total. The summed E-state index contributed by atoms with van der Waals surface area (Å²) in [5.41, 5.74) is -0.300. The van der Waals surface area contributed by atoms with Crippen molar-refractivity contribution in [2.75, 3.05) is 26.7 Å². The quantitative estimate of drug-likeness (QED) is 0.0335. The van der Waals surface area contributed by atoms with Crippen LogP contribution in [-0.4, -0.2) is 90.2 Å². The van der Waals surface area contributed by atoms with Gasteiger partial charge in [-0.3, -0.25) is 19.2 Å². The summed E-state index contributed by atoms with van der Waals surface area (Å²) in [4.78, 5) is 67.5. The zero-order valence-corrected chi connectivity index (χ0v) is 35.8. The number of nitrogens with zero attached hydrogens (tertiary/aromatic N) is 1. The molecule has 1 saturated carbocycles. The summed E-state index contributed by atoms with van der Waals surface area (Å²) in [7, 11) is 1.89. The molecular weight excluding hydrogens is 737 g/mol. The summed E-state index contributed by atoms with van der Waals surface area (Å²) in [6, 6.07) is -1.53. The highest BCUT2D eigenvalue weighted by molar-refractivity contribution is 7.94. The topological polar surface area (TPSA) is 169 Å². The molecule has 1 aromatic rings. The normalized spacial score (nSPS) is 17.2. The molecule has 0 radical (unpaired) electrons. The second-order valence-electron chi connectivity index (χ2n) is 15.5. The fourth-order valence-corrected chi connectivity index (χ4v) is 7.51. The van der Waals surface area contributed by atoms with Gasteiger partial charge in [0.2, 0.25) is 17.6 Å². The van der Waals surface area contributed by atoms with Crippen LogP contribution in [0.5, 0.6) is 0 Å². The number of thiophene rings is 1. The van der Waals surface area contributed by atoms with Crippen molar-refractivity contribution in [2.45, 2.75) is 141 Å². The van der Waals surface area contributed by atoms with Crippen LogP contribution in [0.25, 0.3) is 0 Å². The molecule has 310 valence electrons. The van der Waals surface area contributed by atoms with Gasteiger partial charge in [0.1, 0.15) is 12.1 Å². The van der Waals surface area contributed by atoms with Crippen molar-refractivity contribution in [3.05, 3.63) is 29.0 Å². The third-order valence-corrected chi connectivity index (χ3v) is 11.4. The predicted octanol–water partition coefficient (Wildman–Crippen LogP) is 6.17. The molecule has 1 aromatic heterocycles. The first-order valence-electron chi connectivity index (χ1n) is 19.6. The molecular formula is C41H68N6O6S2. The predicted molar refractivity (Wildman–Crippen MR) is 225 cm³/mol. The molecule has 55 heavy (non-hydrogen) atoms. The Balaban J connectivity index is 0.00000134. The standard InChI is InChI=1S/C32H47N5O6S2.C5H12.C4H9N/c1-5-6-13-22(24(39)20-38)34-29(40)23-14-10-16-37(23)30(41)28(21-11-8-7-9-12-21)36-31(42)35-27(32(2,3)4)19-33-18-26-25(45-43)15-17-44-26;1-4-5(2)3;1-3-4-5-2/h1,15,17,20-23,27-28,33,43H,6-14,16,18-19H2,2-4H3,(H,34,40)(H2,35,36,42);5H,4H2,1-3H3;3,5H,1,4H2,2H3. The maximum absolute atomic E-state index is 14.1. The van der Waals surface area contributed by atoms with E-state index in [0.29, 0.717) is 44.5 Å². The Morgan fingerprint density at radius 3 is 2.31 bits per heavy atom. The van der Waals surface area contributed by atoms with E-state index < -0.39 is 35.8 Å². The van der Waals surface area contributed by atoms with Crippen molar-refractivity contribution in [1.29, 1.82) is 0 Å². The lowest BCUT2D eigenvalue weighted by Crippen LogP contribution is -2.60. The summed E-state index contributed by atoms with van der Waals surface area (Å²) in [5.74, 6) is 1.65. The van der Waals surface area contributed by atoms with Crippen molar-refractivity contribution < 1.29 is 28.5 Å². The molecule has 0 aromatic carbocycles. The van der Waals surface area contributed by atoms with Crippen LogP contribution in [0.4, 0.5) is 4.79 Å². The van der Waals surface area contributed by atoms with Crippen LogP contribution in [0, 0.1) is 29.6 Å². The second-order valence-corrected chi connectivity index (χ2v) is 17.1. The van der Waals surface area contributed by atoms with Gasteiger partial charge in [0, 0.05) is 55.6 Å². The van der Waals surface area contributed by atoms with Crippen molar-refractivity contribution in [2.24, 2.45) is 17.3 Å². The lowest BCUT2D eigenvalue weighted by atomic mass is 9.83. The number of terminal acetylenes is 1. The number of amides is 4.